The van der Waals surface area contributed by atoms with E-state index in [-0.39, 0.29) is 17.8 Å². The van der Waals surface area contributed by atoms with Crippen LogP contribution in [0.2, 0.25) is 0 Å². The lowest BCUT2D eigenvalue weighted by Crippen LogP contribution is -2.24. The van der Waals surface area contributed by atoms with Crippen LogP contribution in [0.25, 0.3) is 0 Å². The highest BCUT2D eigenvalue weighted by Gasteiger charge is 2.17. The molecule has 1 unspecified atom stereocenters. The van der Waals surface area contributed by atoms with Crippen molar-refractivity contribution in [2.75, 3.05) is 6.54 Å². The van der Waals surface area contributed by atoms with E-state index >= 15 is 0 Å². The number of hydrogen-bond acceptors (Lipinski definition) is 1. The van der Waals surface area contributed by atoms with Gasteiger partial charge in [0.15, 0.2) is 0 Å². The number of nitrogens with one attached hydrogen (secondary N) is 1. The van der Waals surface area contributed by atoms with Crippen molar-refractivity contribution in [2.45, 2.75) is 19.4 Å². The zero-order valence-electron chi connectivity index (χ0n) is 11.2. The van der Waals surface area contributed by atoms with E-state index in [0.717, 1.165) is 18.2 Å². The zero-order valence-corrected chi connectivity index (χ0v) is 11.2. The first-order valence-electron chi connectivity index (χ1n) is 6.53. The molecule has 0 saturated carbocycles. The Morgan fingerprint density at radius 1 is 1.00 bits per heavy atom. The molecule has 106 valence electrons. The Kier molecular flexibility index (Phi) is 4.79. The summed E-state index contributed by atoms with van der Waals surface area (Å²) < 4.78 is 40.7. The molecule has 0 aliphatic heterocycles. The molecular formula is C16H16F3N. The van der Waals surface area contributed by atoms with Crippen LogP contribution < -0.4 is 5.32 Å². The van der Waals surface area contributed by atoms with E-state index in [9.17, 15) is 13.2 Å². The fourth-order valence-electron chi connectivity index (χ4n) is 2.22. The van der Waals surface area contributed by atoms with E-state index < -0.39 is 17.7 Å². The number of likely N-dealkylation sites (N-methyl/N-ethyl adjacent to an activating group) is 1. The lowest BCUT2D eigenvalue weighted by atomic mass is 9.98. The van der Waals surface area contributed by atoms with Crippen molar-refractivity contribution in [3.63, 3.8) is 0 Å². The Bertz CT molecular complexity index is 584. The average molecular weight is 279 g/mol. The van der Waals surface area contributed by atoms with E-state index in [0.29, 0.717) is 12.1 Å². The smallest absolute Gasteiger partial charge is 0.127 e. The maximum absolute atomic E-state index is 13.8. The largest absolute Gasteiger partial charge is 0.310 e. The van der Waals surface area contributed by atoms with Gasteiger partial charge < -0.3 is 5.32 Å². The fourth-order valence-corrected chi connectivity index (χ4v) is 2.22. The third kappa shape index (κ3) is 3.39. The van der Waals surface area contributed by atoms with Gasteiger partial charge in [0, 0.05) is 11.6 Å². The molecule has 1 nitrogen and oxygen atoms in total. The van der Waals surface area contributed by atoms with Crippen LogP contribution in [0.5, 0.6) is 0 Å². The summed E-state index contributed by atoms with van der Waals surface area (Å²) in [6.07, 6.45) is 0.193. The fraction of sp³-hybridized carbons (Fsp3) is 0.250. The molecule has 0 aromatic heterocycles. The van der Waals surface area contributed by atoms with Gasteiger partial charge >= 0.3 is 0 Å². The van der Waals surface area contributed by atoms with Crippen molar-refractivity contribution in [3.8, 4) is 0 Å². The first-order valence-corrected chi connectivity index (χ1v) is 6.53. The van der Waals surface area contributed by atoms with Crippen molar-refractivity contribution in [1.29, 1.82) is 0 Å². The van der Waals surface area contributed by atoms with Crippen molar-refractivity contribution in [1.82, 2.24) is 5.32 Å². The van der Waals surface area contributed by atoms with Gasteiger partial charge in [-0.05, 0) is 42.8 Å². The van der Waals surface area contributed by atoms with Gasteiger partial charge in [-0.15, -0.1) is 0 Å². The normalized spacial score (nSPS) is 12.4. The van der Waals surface area contributed by atoms with Gasteiger partial charge in [0.1, 0.15) is 17.5 Å². The third-order valence-electron chi connectivity index (χ3n) is 3.16. The highest BCUT2D eigenvalue weighted by atomic mass is 19.1. The van der Waals surface area contributed by atoms with Gasteiger partial charge in [0.05, 0.1) is 0 Å². The van der Waals surface area contributed by atoms with Crippen molar-refractivity contribution >= 4 is 0 Å². The summed E-state index contributed by atoms with van der Waals surface area (Å²) in [6.45, 7) is 2.49. The minimum Gasteiger partial charge on any atom is -0.310 e. The molecule has 0 saturated heterocycles. The molecule has 2 aromatic carbocycles. The first-order chi connectivity index (χ1) is 9.61. The average Bonchev–Trinajstić information content (AvgIpc) is 2.43. The Morgan fingerprint density at radius 2 is 1.75 bits per heavy atom. The van der Waals surface area contributed by atoms with E-state index in [4.69, 9.17) is 0 Å². The first kappa shape index (κ1) is 14.6. The summed E-state index contributed by atoms with van der Waals surface area (Å²) in [7, 11) is 0. The second kappa shape index (κ2) is 6.57. The quantitative estimate of drug-likeness (QED) is 0.872. The van der Waals surface area contributed by atoms with Crippen LogP contribution in [-0.2, 0) is 6.42 Å². The minimum atomic E-state index is -0.495. The van der Waals surface area contributed by atoms with Crippen LogP contribution in [0.1, 0.15) is 24.1 Å². The summed E-state index contributed by atoms with van der Waals surface area (Å²) >= 11 is 0. The summed E-state index contributed by atoms with van der Waals surface area (Å²) in [5.74, 6) is -1.33. The number of halogens is 3. The molecule has 2 aromatic rings. The van der Waals surface area contributed by atoms with Crippen LogP contribution >= 0.6 is 0 Å². The standard InChI is InChI=1S/C16H16F3N/c1-2-20-16(13-5-3-4-6-15(13)19)10-11-9-12(17)7-8-14(11)18/h3-9,16,20H,2,10H2,1H3. The predicted octanol–water partition coefficient (Wildman–Crippen LogP) is 4.00. The SMILES string of the molecule is CCNC(Cc1cc(F)ccc1F)c1ccccc1F. The summed E-state index contributed by atoms with van der Waals surface area (Å²) in [4.78, 5) is 0. The van der Waals surface area contributed by atoms with Gasteiger partial charge in [0.2, 0.25) is 0 Å². The Labute approximate surface area is 116 Å². The minimum absolute atomic E-state index is 0.193. The van der Waals surface area contributed by atoms with Crippen molar-refractivity contribution < 1.29 is 13.2 Å². The van der Waals surface area contributed by atoms with Crippen LogP contribution in [0, 0.1) is 17.5 Å². The highest BCUT2D eigenvalue weighted by Crippen LogP contribution is 2.23. The van der Waals surface area contributed by atoms with E-state index in [1.54, 1.807) is 18.2 Å². The summed E-state index contributed by atoms with van der Waals surface area (Å²) in [5, 5.41) is 3.11. The molecule has 1 atom stereocenters. The lowest BCUT2D eigenvalue weighted by Gasteiger charge is -2.19. The highest BCUT2D eigenvalue weighted by molar-refractivity contribution is 5.26. The van der Waals surface area contributed by atoms with Gasteiger partial charge in [-0.1, -0.05) is 25.1 Å². The molecule has 0 aliphatic carbocycles. The van der Waals surface area contributed by atoms with Crippen LogP contribution in [0.15, 0.2) is 42.5 Å². The Morgan fingerprint density at radius 3 is 2.45 bits per heavy atom. The molecule has 0 bridgehead atoms. The van der Waals surface area contributed by atoms with Gasteiger partial charge in [-0.2, -0.15) is 0 Å². The molecule has 4 heteroatoms. The van der Waals surface area contributed by atoms with Crippen molar-refractivity contribution in [2.24, 2.45) is 0 Å². The van der Waals surface area contributed by atoms with E-state index in [1.807, 2.05) is 6.92 Å². The number of rotatable bonds is 5. The Hall–Kier alpha value is -1.81. The number of hydrogen-bond donors (Lipinski definition) is 1. The van der Waals surface area contributed by atoms with Gasteiger partial charge in [-0.25, -0.2) is 13.2 Å². The molecule has 0 aliphatic rings. The lowest BCUT2D eigenvalue weighted by molar-refractivity contribution is 0.495. The monoisotopic (exact) mass is 279 g/mol. The number of benzene rings is 2. The molecule has 0 heterocycles. The second-order valence-corrected chi connectivity index (χ2v) is 4.57. The molecule has 0 fully saturated rings. The summed E-state index contributed by atoms with van der Waals surface area (Å²) in [5.41, 5.74) is 0.692. The molecule has 1 N–H and O–H groups in total. The molecular weight excluding hydrogens is 263 g/mol. The summed E-state index contributed by atoms with van der Waals surface area (Å²) in [6, 6.07) is 9.27. The zero-order chi connectivity index (χ0) is 14.5. The molecule has 0 amide bonds. The van der Waals surface area contributed by atoms with E-state index in [2.05, 4.69) is 5.32 Å². The van der Waals surface area contributed by atoms with Gasteiger partial charge in [0.25, 0.3) is 0 Å². The Balaban J connectivity index is 2.30. The van der Waals surface area contributed by atoms with Crippen LogP contribution in [-0.4, -0.2) is 6.54 Å². The maximum atomic E-state index is 13.8. The molecule has 20 heavy (non-hydrogen) atoms. The maximum Gasteiger partial charge on any atom is 0.127 e. The topological polar surface area (TPSA) is 12.0 Å². The van der Waals surface area contributed by atoms with E-state index in [1.165, 1.54) is 6.07 Å². The predicted molar refractivity (Wildman–Crippen MR) is 72.9 cm³/mol. The van der Waals surface area contributed by atoms with Gasteiger partial charge in [-0.3, -0.25) is 0 Å². The van der Waals surface area contributed by atoms with Crippen LogP contribution in [0.4, 0.5) is 13.2 Å². The van der Waals surface area contributed by atoms with Crippen molar-refractivity contribution in [3.05, 3.63) is 71.0 Å². The molecule has 0 radical (unpaired) electrons. The van der Waals surface area contributed by atoms with Crippen LogP contribution in [0.3, 0.4) is 0 Å². The third-order valence-corrected chi connectivity index (χ3v) is 3.16. The molecule has 0 spiro atoms. The second-order valence-electron chi connectivity index (χ2n) is 4.57. The molecule has 2 rings (SSSR count).